The van der Waals surface area contributed by atoms with Gasteiger partial charge in [0.05, 0.1) is 22.6 Å². The molecule has 0 radical (unpaired) electrons. The Morgan fingerprint density at radius 3 is 1.49 bits per heavy atom. The molecule has 0 atom stereocenters. The van der Waals surface area contributed by atoms with E-state index in [1.807, 2.05) is 53.6 Å². The van der Waals surface area contributed by atoms with E-state index in [1.54, 1.807) is 0 Å². The summed E-state index contributed by atoms with van der Waals surface area (Å²) in [6, 6.07) is 51.0. The summed E-state index contributed by atoms with van der Waals surface area (Å²) in [5.41, 5.74) is 13.7. The molecule has 0 saturated carbocycles. The zero-order valence-electron chi connectivity index (χ0n) is 26.5. The summed E-state index contributed by atoms with van der Waals surface area (Å²) < 4.78 is 1.96. The molecule has 9 rings (SSSR count). The molecule has 0 aliphatic heterocycles. The highest BCUT2D eigenvalue weighted by Crippen LogP contribution is 2.34. The third-order valence-electron chi connectivity index (χ3n) is 9.03. The van der Waals surface area contributed by atoms with Gasteiger partial charge in [-0.2, -0.15) is 5.10 Å². The Labute approximate surface area is 283 Å². The second-order valence-electron chi connectivity index (χ2n) is 12.1. The third-order valence-corrected chi connectivity index (χ3v) is 9.03. The average molecular weight is 628 g/mol. The summed E-state index contributed by atoms with van der Waals surface area (Å²) in [5, 5.41) is 7.31. The number of benzene rings is 4. The van der Waals surface area contributed by atoms with Crippen LogP contribution in [0.4, 0.5) is 0 Å². The van der Waals surface area contributed by atoms with Crippen molar-refractivity contribution in [1.82, 2.24) is 24.6 Å². The minimum absolute atomic E-state index is 0.903. The highest BCUT2D eigenvalue weighted by atomic mass is 15.2. The van der Waals surface area contributed by atoms with Gasteiger partial charge in [-0.25, -0.2) is 9.50 Å². The van der Waals surface area contributed by atoms with Gasteiger partial charge >= 0.3 is 0 Å². The van der Waals surface area contributed by atoms with Crippen LogP contribution in [0.25, 0.3) is 83.4 Å². The average Bonchev–Trinajstić information content (AvgIpc) is 3.61. The van der Waals surface area contributed by atoms with Gasteiger partial charge < -0.3 is 0 Å². The predicted octanol–water partition coefficient (Wildman–Crippen LogP) is 10.7. The SMILES string of the molecule is c1cc(-c2cc(-c3ccc(-c4ccncc4)cc3)cc(-c3ccc(-c4ccncc4)cc3)n2)cc(-c2cc3cc4ccccc4cn3n2)c1. The highest BCUT2D eigenvalue weighted by Gasteiger charge is 2.13. The molecule has 4 aromatic carbocycles. The monoisotopic (exact) mass is 627 g/mol. The van der Waals surface area contributed by atoms with Crippen LogP contribution in [0.15, 0.2) is 177 Å². The first-order valence-electron chi connectivity index (χ1n) is 16.3. The van der Waals surface area contributed by atoms with Crippen molar-refractivity contribution in [3.8, 4) is 67.2 Å². The lowest BCUT2D eigenvalue weighted by Gasteiger charge is -2.12. The fraction of sp³-hybridized carbons (Fsp3) is 0. The second-order valence-corrected chi connectivity index (χ2v) is 12.1. The molecule has 0 fully saturated rings. The lowest BCUT2D eigenvalue weighted by Crippen LogP contribution is -1.92. The van der Waals surface area contributed by atoms with Crippen molar-refractivity contribution in [2.45, 2.75) is 0 Å². The number of fused-ring (bicyclic) bond motifs is 2. The van der Waals surface area contributed by atoms with Crippen molar-refractivity contribution in [2.75, 3.05) is 0 Å². The minimum atomic E-state index is 0.903. The molecule has 0 aliphatic carbocycles. The molecule has 0 spiro atoms. The van der Waals surface area contributed by atoms with Gasteiger partial charge in [-0.05, 0) is 93.4 Å². The Morgan fingerprint density at radius 1 is 0.347 bits per heavy atom. The Morgan fingerprint density at radius 2 is 0.857 bits per heavy atom. The van der Waals surface area contributed by atoms with Crippen molar-refractivity contribution in [1.29, 1.82) is 0 Å². The number of hydrogen-bond acceptors (Lipinski definition) is 4. The molecular formula is C44H29N5. The molecule has 0 aliphatic rings. The quantitative estimate of drug-likeness (QED) is 0.184. The smallest absolute Gasteiger partial charge is 0.0933 e. The van der Waals surface area contributed by atoms with Crippen molar-refractivity contribution >= 4 is 16.3 Å². The topological polar surface area (TPSA) is 56.0 Å². The summed E-state index contributed by atoms with van der Waals surface area (Å²) in [5.74, 6) is 0. The number of rotatable bonds is 6. The van der Waals surface area contributed by atoms with Crippen LogP contribution in [-0.2, 0) is 0 Å². The van der Waals surface area contributed by atoms with Crippen molar-refractivity contribution in [3.05, 3.63) is 177 Å². The third kappa shape index (κ3) is 5.64. The molecule has 9 aromatic rings. The number of aromatic nitrogens is 5. The molecule has 230 valence electrons. The van der Waals surface area contributed by atoms with Gasteiger partial charge in [0.15, 0.2) is 0 Å². The number of hydrogen-bond donors (Lipinski definition) is 0. The van der Waals surface area contributed by atoms with Crippen LogP contribution in [0.3, 0.4) is 0 Å². The van der Waals surface area contributed by atoms with Crippen LogP contribution in [-0.4, -0.2) is 24.6 Å². The van der Waals surface area contributed by atoms with E-state index in [-0.39, 0.29) is 0 Å². The molecule has 5 nitrogen and oxygen atoms in total. The normalized spacial score (nSPS) is 11.3. The molecule has 49 heavy (non-hydrogen) atoms. The molecule has 0 bridgehead atoms. The van der Waals surface area contributed by atoms with Crippen LogP contribution >= 0.6 is 0 Å². The van der Waals surface area contributed by atoms with E-state index in [0.717, 1.165) is 78.1 Å². The van der Waals surface area contributed by atoms with Crippen LogP contribution in [0.5, 0.6) is 0 Å². The second kappa shape index (κ2) is 12.1. The zero-order chi connectivity index (χ0) is 32.6. The summed E-state index contributed by atoms with van der Waals surface area (Å²) in [6.07, 6.45) is 9.39. The molecule has 0 saturated heterocycles. The summed E-state index contributed by atoms with van der Waals surface area (Å²) in [4.78, 5) is 13.6. The van der Waals surface area contributed by atoms with Gasteiger partial charge in [0.25, 0.3) is 0 Å². The lowest BCUT2D eigenvalue weighted by atomic mass is 9.96. The van der Waals surface area contributed by atoms with Gasteiger partial charge in [-0.3, -0.25) is 9.97 Å². The van der Waals surface area contributed by atoms with E-state index in [9.17, 15) is 0 Å². The number of nitrogens with zero attached hydrogens (tertiary/aromatic N) is 5. The summed E-state index contributed by atoms with van der Waals surface area (Å²) in [7, 11) is 0. The van der Waals surface area contributed by atoms with E-state index >= 15 is 0 Å². The molecule has 0 unspecified atom stereocenters. The van der Waals surface area contributed by atoms with E-state index in [4.69, 9.17) is 10.1 Å². The minimum Gasteiger partial charge on any atom is -0.265 e. The molecular weight excluding hydrogens is 599 g/mol. The first-order chi connectivity index (χ1) is 24.2. The van der Waals surface area contributed by atoms with Crippen LogP contribution in [0, 0.1) is 0 Å². The van der Waals surface area contributed by atoms with Crippen LogP contribution in [0.2, 0.25) is 0 Å². The Balaban J connectivity index is 1.13. The van der Waals surface area contributed by atoms with E-state index < -0.39 is 0 Å². The summed E-state index contributed by atoms with van der Waals surface area (Å²) >= 11 is 0. The van der Waals surface area contributed by atoms with Crippen molar-refractivity contribution in [3.63, 3.8) is 0 Å². The van der Waals surface area contributed by atoms with E-state index in [1.165, 1.54) is 5.39 Å². The maximum Gasteiger partial charge on any atom is 0.0933 e. The predicted molar refractivity (Wildman–Crippen MR) is 199 cm³/mol. The molecule has 5 heteroatoms. The molecule has 5 aromatic heterocycles. The molecule has 5 heterocycles. The first kappa shape index (κ1) is 28.5. The largest absolute Gasteiger partial charge is 0.265 e. The van der Waals surface area contributed by atoms with Crippen molar-refractivity contribution < 1.29 is 0 Å². The van der Waals surface area contributed by atoms with Crippen molar-refractivity contribution in [2.24, 2.45) is 0 Å². The fourth-order valence-corrected chi connectivity index (χ4v) is 6.42. The van der Waals surface area contributed by atoms with Crippen LogP contribution in [0.1, 0.15) is 0 Å². The molecule has 0 N–H and O–H groups in total. The molecule has 0 amide bonds. The van der Waals surface area contributed by atoms with Gasteiger partial charge in [-0.1, -0.05) is 91.0 Å². The highest BCUT2D eigenvalue weighted by molar-refractivity contribution is 5.87. The maximum absolute atomic E-state index is 5.24. The zero-order valence-corrected chi connectivity index (χ0v) is 26.5. The first-order valence-corrected chi connectivity index (χ1v) is 16.3. The lowest BCUT2D eigenvalue weighted by molar-refractivity contribution is 0.974. The standard InChI is InChI=1S/C44H29N5/c1-2-5-39-29-49-41(25-36(39)4-1)28-44(48-49)38-7-3-6-37(24-38)43-27-40(32-10-8-30(9-11-32)33-16-20-45-21-17-33)26-42(47-43)35-14-12-31(13-15-35)34-18-22-46-23-19-34/h1-29H. The van der Waals surface area contributed by atoms with E-state index in [0.29, 0.717) is 0 Å². The Bertz CT molecular complexity index is 2420. The Kier molecular flexibility index (Phi) is 7.06. The van der Waals surface area contributed by atoms with Gasteiger partial charge in [0.1, 0.15) is 0 Å². The van der Waals surface area contributed by atoms with E-state index in [2.05, 4.69) is 137 Å². The van der Waals surface area contributed by atoms with Crippen LogP contribution < -0.4 is 0 Å². The number of pyridine rings is 4. The van der Waals surface area contributed by atoms with Gasteiger partial charge in [0.2, 0.25) is 0 Å². The fourth-order valence-electron chi connectivity index (χ4n) is 6.42. The maximum atomic E-state index is 5.24. The van der Waals surface area contributed by atoms with Gasteiger partial charge in [-0.15, -0.1) is 0 Å². The van der Waals surface area contributed by atoms with Gasteiger partial charge in [0, 0.05) is 53.1 Å². The summed E-state index contributed by atoms with van der Waals surface area (Å²) in [6.45, 7) is 0. The Hall–Kier alpha value is -6.72.